The number of hydrazine groups is 1. The number of carbonyl (C=O) groups is 2. The number of amides is 1. The molecule has 1 aliphatic carbocycles. The van der Waals surface area contributed by atoms with Gasteiger partial charge in [0.2, 0.25) is 0 Å². The van der Waals surface area contributed by atoms with Gasteiger partial charge in [0.25, 0.3) is 5.91 Å². The minimum absolute atomic E-state index is 0.0191. The zero-order valence-corrected chi connectivity index (χ0v) is 18.2. The maximum Gasteiger partial charge on any atom is 0.416 e. The van der Waals surface area contributed by atoms with Gasteiger partial charge >= 0.3 is 12.1 Å². The summed E-state index contributed by atoms with van der Waals surface area (Å²) < 4.78 is 39.6. The molecule has 1 aromatic heterocycles. The summed E-state index contributed by atoms with van der Waals surface area (Å²) in [6.45, 7) is 4.15. The topological polar surface area (TPSA) is 95.7 Å². The van der Waals surface area contributed by atoms with Gasteiger partial charge in [0.05, 0.1) is 11.1 Å². The number of rotatable bonds is 5. The lowest BCUT2D eigenvalue weighted by atomic mass is 9.76. The number of carboxylic acid groups (broad SMARTS) is 1. The molecule has 0 saturated carbocycles. The number of carboxylic acids is 1. The third-order valence-electron chi connectivity index (χ3n) is 5.32. The number of nitrogens with zero attached hydrogens (tertiary/aromatic N) is 1. The van der Waals surface area contributed by atoms with Gasteiger partial charge in [-0.25, -0.2) is 9.80 Å². The molecule has 1 aliphatic rings. The Balaban J connectivity index is 2.02. The first-order valence-electron chi connectivity index (χ1n) is 9.63. The van der Waals surface area contributed by atoms with Crippen molar-refractivity contribution in [1.29, 1.82) is 0 Å². The number of hydrogen-bond donors (Lipinski definition) is 3. The first-order valence-corrected chi connectivity index (χ1v) is 10.5. The zero-order chi connectivity index (χ0) is 23.1. The normalized spacial score (nSPS) is 15.6. The highest BCUT2D eigenvalue weighted by molar-refractivity contribution is 7.17. The molecular weight excluding hydrogens is 431 g/mol. The maximum absolute atomic E-state index is 13.2. The lowest BCUT2D eigenvalue weighted by molar-refractivity contribution is -0.137. The highest BCUT2D eigenvalue weighted by Crippen LogP contribution is 2.44. The third kappa shape index (κ3) is 5.08. The Bertz CT molecular complexity index is 1030. The van der Waals surface area contributed by atoms with Crippen LogP contribution in [0, 0.1) is 5.41 Å². The van der Waals surface area contributed by atoms with Crippen LogP contribution in [0.25, 0.3) is 0 Å². The van der Waals surface area contributed by atoms with Crippen LogP contribution in [0.15, 0.2) is 18.2 Å². The van der Waals surface area contributed by atoms with E-state index in [-0.39, 0.29) is 28.1 Å². The molecule has 0 atom stereocenters. The van der Waals surface area contributed by atoms with Crippen LogP contribution in [-0.2, 0) is 25.6 Å². The number of alkyl halides is 3. The van der Waals surface area contributed by atoms with E-state index < -0.39 is 23.6 Å². The molecule has 0 bridgehead atoms. The van der Waals surface area contributed by atoms with Crippen LogP contribution in [-0.4, -0.2) is 29.0 Å². The Morgan fingerprint density at radius 1 is 1.32 bits per heavy atom. The fourth-order valence-corrected chi connectivity index (χ4v) is 4.98. The molecule has 3 rings (SSSR count). The van der Waals surface area contributed by atoms with Gasteiger partial charge in [0.15, 0.2) is 0 Å². The molecule has 0 radical (unpaired) electrons. The van der Waals surface area contributed by atoms with Crippen LogP contribution in [0.2, 0.25) is 0 Å². The summed E-state index contributed by atoms with van der Waals surface area (Å²) in [4.78, 5) is 25.8. The lowest BCUT2D eigenvalue weighted by Crippen LogP contribution is -2.27. The summed E-state index contributed by atoms with van der Waals surface area (Å²) >= 11 is 1.17. The molecule has 0 aliphatic heterocycles. The van der Waals surface area contributed by atoms with Crippen molar-refractivity contribution in [2.24, 2.45) is 11.3 Å². The second-order valence-corrected chi connectivity index (χ2v) is 9.70. The molecule has 168 valence electrons. The van der Waals surface area contributed by atoms with E-state index in [0.717, 1.165) is 23.4 Å². The fraction of sp³-hybridized carbons (Fsp3) is 0.429. The summed E-state index contributed by atoms with van der Waals surface area (Å²) in [7, 11) is 1.52. The van der Waals surface area contributed by atoms with Gasteiger partial charge in [0, 0.05) is 24.0 Å². The third-order valence-corrected chi connectivity index (χ3v) is 6.52. The van der Waals surface area contributed by atoms with Gasteiger partial charge in [-0.1, -0.05) is 19.9 Å². The summed E-state index contributed by atoms with van der Waals surface area (Å²) in [6, 6.07) is 2.87. The van der Waals surface area contributed by atoms with E-state index in [2.05, 4.69) is 19.2 Å². The van der Waals surface area contributed by atoms with Gasteiger partial charge in [-0.2, -0.15) is 13.2 Å². The molecular formula is C21H24F3N3O3S. The van der Waals surface area contributed by atoms with Gasteiger partial charge in [-0.05, 0) is 47.9 Å². The van der Waals surface area contributed by atoms with Crippen molar-refractivity contribution in [1.82, 2.24) is 5.01 Å². The number of aryl methyl sites for hydroxylation is 1. The first-order chi connectivity index (χ1) is 14.3. The van der Waals surface area contributed by atoms with E-state index in [1.807, 2.05) is 0 Å². The van der Waals surface area contributed by atoms with Crippen LogP contribution >= 0.6 is 11.3 Å². The Hall–Kier alpha value is -2.43. The average Bonchev–Trinajstić information content (AvgIpc) is 2.96. The molecule has 6 nitrogen and oxygen atoms in total. The minimum atomic E-state index is -4.62. The van der Waals surface area contributed by atoms with E-state index in [1.54, 1.807) is 0 Å². The number of halogens is 3. The van der Waals surface area contributed by atoms with E-state index in [4.69, 9.17) is 5.84 Å². The van der Waals surface area contributed by atoms with Crippen molar-refractivity contribution in [3.63, 3.8) is 0 Å². The van der Waals surface area contributed by atoms with Crippen molar-refractivity contribution in [3.8, 4) is 0 Å². The highest BCUT2D eigenvalue weighted by Gasteiger charge is 2.34. The molecule has 1 amide bonds. The fourth-order valence-electron chi connectivity index (χ4n) is 3.78. The van der Waals surface area contributed by atoms with Crippen LogP contribution in [0.1, 0.15) is 62.6 Å². The Morgan fingerprint density at radius 2 is 2.00 bits per heavy atom. The zero-order valence-electron chi connectivity index (χ0n) is 17.4. The Labute approximate surface area is 181 Å². The average molecular weight is 456 g/mol. The van der Waals surface area contributed by atoms with Gasteiger partial charge in [-0.3, -0.25) is 10.6 Å². The second-order valence-electron chi connectivity index (χ2n) is 8.59. The maximum atomic E-state index is 13.2. The van der Waals surface area contributed by atoms with Gasteiger partial charge in [0.1, 0.15) is 5.00 Å². The quantitative estimate of drug-likeness (QED) is 0.455. The van der Waals surface area contributed by atoms with Gasteiger partial charge in [-0.15, -0.1) is 11.3 Å². The first kappa shape index (κ1) is 23.2. The van der Waals surface area contributed by atoms with Gasteiger partial charge < -0.3 is 10.4 Å². The van der Waals surface area contributed by atoms with E-state index in [0.29, 0.717) is 24.0 Å². The van der Waals surface area contributed by atoms with Crippen molar-refractivity contribution in [2.45, 2.75) is 45.8 Å². The van der Waals surface area contributed by atoms with E-state index >= 15 is 0 Å². The molecule has 0 spiro atoms. The number of anilines is 1. The number of carbonyl (C=O) groups excluding carboxylic acids is 1. The number of fused-ring (bicyclic) bond motifs is 1. The Morgan fingerprint density at radius 3 is 2.58 bits per heavy atom. The van der Waals surface area contributed by atoms with Crippen molar-refractivity contribution in [2.75, 3.05) is 12.4 Å². The predicted octanol–water partition coefficient (Wildman–Crippen LogP) is 4.54. The summed E-state index contributed by atoms with van der Waals surface area (Å²) in [5.74, 6) is 3.66. The van der Waals surface area contributed by atoms with Crippen LogP contribution in [0.3, 0.4) is 0 Å². The van der Waals surface area contributed by atoms with E-state index in [1.165, 1.54) is 29.5 Å². The molecule has 10 heteroatoms. The monoisotopic (exact) mass is 455 g/mol. The lowest BCUT2D eigenvalue weighted by Gasteiger charge is -2.29. The number of hydrogen-bond acceptors (Lipinski definition) is 5. The Kier molecular flexibility index (Phi) is 6.18. The summed E-state index contributed by atoms with van der Waals surface area (Å²) in [6.07, 6.45) is -2.49. The number of benzene rings is 1. The highest BCUT2D eigenvalue weighted by atomic mass is 32.1. The molecule has 1 heterocycles. The molecule has 0 fully saturated rings. The second kappa shape index (κ2) is 8.25. The standard InChI is InChI=1S/C21H24F3N3O3S/c1-20(2)7-6-15-14(9-20)16(19(29)30)18(31-15)26-17(28)13-8-12(21(22,23)24)5-4-11(13)10-27(3)25/h4-5,8H,6-7,9-10,25H2,1-3H3,(H,26,28)(H,29,30). The van der Waals surface area contributed by atoms with Crippen molar-refractivity contribution in [3.05, 3.63) is 50.9 Å². The largest absolute Gasteiger partial charge is 0.478 e. The summed E-state index contributed by atoms with van der Waals surface area (Å²) in [5.41, 5.74) is -0.225. The molecule has 2 aromatic rings. The molecule has 0 unspecified atom stereocenters. The number of thiophene rings is 1. The summed E-state index contributed by atoms with van der Waals surface area (Å²) in [5, 5.41) is 13.7. The van der Waals surface area contributed by atoms with Crippen molar-refractivity contribution >= 4 is 28.2 Å². The minimum Gasteiger partial charge on any atom is -0.478 e. The molecule has 1 aromatic carbocycles. The molecule has 31 heavy (non-hydrogen) atoms. The number of nitrogens with two attached hydrogens (primary N) is 1. The van der Waals surface area contributed by atoms with Crippen LogP contribution in [0.4, 0.5) is 18.2 Å². The molecule has 0 saturated heterocycles. The molecule has 4 N–H and O–H groups in total. The number of nitrogens with one attached hydrogen (secondary N) is 1. The predicted molar refractivity (Wildman–Crippen MR) is 112 cm³/mol. The smallest absolute Gasteiger partial charge is 0.416 e. The van der Waals surface area contributed by atoms with Crippen LogP contribution in [0.5, 0.6) is 0 Å². The van der Waals surface area contributed by atoms with E-state index in [9.17, 15) is 27.9 Å². The number of aromatic carboxylic acids is 1. The van der Waals surface area contributed by atoms with Crippen LogP contribution < -0.4 is 11.2 Å². The SMILES string of the molecule is CN(N)Cc1ccc(C(F)(F)F)cc1C(=O)Nc1sc2c(c1C(=O)O)CC(C)(C)CC2. The van der Waals surface area contributed by atoms with Crippen molar-refractivity contribution < 1.29 is 27.9 Å².